The third kappa shape index (κ3) is 4.34. The van der Waals surface area contributed by atoms with Crippen LogP contribution in [0.1, 0.15) is 18.5 Å². The van der Waals surface area contributed by atoms with Crippen molar-refractivity contribution in [2.75, 3.05) is 25.0 Å². The summed E-state index contributed by atoms with van der Waals surface area (Å²) in [6.45, 7) is 4.34. The molecule has 1 N–H and O–H groups in total. The maximum atomic E-state index is 4.23. The van der Waals surface area contributed by atoms with Gasteiger partial charge in [-0.05, 0) is 38.9 Å². The molecule has 0 aliphatic carbocycles. The van der Waals surface area contributed by atoms with Crippen molar-refractivity contribution in [1.29, 1.82) is 0 Å². The summed E-state index contributed by atoms with van der Waals surface area (Å²) in [7, 11) is 2.05. The van der Waals surface area contributed by atoms with Gasteiger partial charge in [0.1, 0.15) is 0 Å². The highest BCUT2D eigenvalue weighted by Gasteiger charge is 2.17. The van der Waals surface area contributed by atoms with E-state index in [4.69, 9.17) is 0 Å². The predicted molar refractivity (Wildman–Crippen MR) is 77.8 cm³/mol. The lowest BCUT2D eigenvalue weighted by atomic mass is 10.0. The molecule has 0 unspecified atom stereocenters. The number of aryl methyl sites for hydroxylation is 1. The Morgan fingerprint density at radius 1 is 1.29 bits per heavy atom. The van der Waals surface area contributed by atoms with E-state index in [9.17, 15) is 0 Å². The number of piperidine rings is 1. The molecule has 0 aromatic carbocycles. The van der Waals surface area contributed by atoms with Crippen molar-refractivity contribution in [3.63, 3.8) is 0 Å². The van der Waals surface area contributed by atoms with E-state index in [0.717, 1.165) is 18.8 Å². The minimum atomic E-state index is 0. The van der Waals surface area contributed by atoms with Crippen LogP contribution < -0.4 is 10.2 Å². The number of hydrogen-bond acceptors (Lipinski definition) is 3. The fourth-order valence-corrected chi connectivity index (χ4v) is 2.15. The zero-order valence-electron chi connectivity index (χ0n) is 10.3. The van der Waals surface area contributed by atoms with Crippen LogP contribution in [0.25, 0.3) is 0 Å². The molecule has 0 atom stereocenters. The normalized spacial score (nSPS) is 16.0. The van der Waals surface area contributed by atoms with Crippen molar-refractivity contribution in [1.82, 2.24) is 10.3 Å². The van der Waals surface area contributed by atoms with Gasteiger partial charge in [-0.1, -0.05) is 0 Å². The highest BCUT2D eigenvalue weighted by atomic mass is 35.5. The Morgan fingerprint density at radius 2 is 1.94 bits per heavy atom. The monoisotopic (exact) mass is 277 g/mol. The Labute approximate surface area is 116 Å². The lowest BCUT2D eigenvalue weighted by Crippen LogP contribution is -2.41. The molecule has 1 aromatic heterocycles. The van der Waals surface area contributed by atoms with Gasteiger partial charge < -0.3 is 10.2 Å². The average Bonchev–Trinajstić information content (AvgIpc) is 2.29. The summed E-state index contributed by atoms with van der Waals surface area (Å²) in [5, 5.41) is 3.35. The van der Waals surface area contributed by atoms with Crippen LogP contribution in [0.5, 0.6) is 0 Å². The Morgan fingerprint density at radius 3 is 2.47 bits per heavy atom. The zero-order chi connectivity index (χ0) is 10.7. The van der Waals surface area contributed by atoms with Gasteiger partial charge in [0.15, 0.2) is 0 Å². The molecule has 5 heteroatoms. The number of nitrogens with one attached hydrogen (secondary N) is 1. The molecule has 3 nitrogen and oxygen atoms in total. The van der Waals surface area contributed by atoms with E-state index in [-0.39, 0.29) is 24.8 Å². The first-order valence-corrected chi connectivity index (χ1v) is 5.64. The standard InChI is InChI=1S/C12H19N3.2ClH/c1-10-9-12(3-6-14-10)15-7-4-11(13-2)5-8-15;;/h3,6,9,11,13H,4-5,7-8H2,1-2H3;2*1H. The van der Waals surface area contributed by atoms with E-state index in [1.165, 1.54) is 18.5 Å². The van der Waals surface area contributed by atoms with E-state index in [1.807, 2.05) is 13.1 Å². The maximum Gasteiger partial charge on any atom is 0.0399 e. The molecule has 1 aromatic rings. The van der Waals surface area contributed by atoms with Crippen LogP contribution in [-0.2, 0) is 0 Å². The zero-order valence-corrected chi connectivity index (χ0v) is 12.0. The van der Waals surface area contributed by atoms with Crippen LogP contribution >= 0.6 is 24.8 Å². The van der Waals surface area contributed by atoms with Gasteiger partial charge >= 0.3 is 0 Å². The van der Waals surface area contributed by atoms with Crippen molar-refractivity contribution < 1.29 is 0 Å². The van der Waals surface area contributed by atoms with Crippen LogP contribution in [0.15, 0.2) is 18.3 Å². The van der Waals surface area contributed by atoms with E-state index in [2.05, 4.69) is 34.4 Å². The fraction of sp³-hybridized carbons (Fsp3) is 0.583. The Bertz CT molecular complexity index is 325. The molecule has 1 aliphatic heterocycles. The number of pyridine rings is 1. The summed E-state index contributed by atoms with van der Waals surface area (Å²) >= 11 is 0. The number of nitrogens with zero attached hydrogens (tertiary/aromatic N) is 2. The summed E-state index contributed by atoms with van der Waals surface area (Å²) < 4.78 is 0. The van der Waals surface area contributed by atoms with Crippen LogP contribution in [-0.4, -0.2) is 31.2 Å². The second kappa shape index (κ2) is 7.75. The smallest absolute Gasteiger partial charge is 0.0399 e. The van der Waals surface area contributed by atoms with Crippen molar-refractivity contribution in [3.8, 4) is 0 Å². The molecular weight excluding hydrogens is 257 g/mol. The molecule has 17 heavy (non-hydrogen) atoms. The number of aromatic nitrogens is 1. The second-order valence-electron chi connectivity index (χ2n) is 4.21. The number of rotatable bonds is 2. The van der Waals surface area contributed by atoms with Crippen molar-refractivity contribution >= 4 is 30.5 Å². The van der Waals surface area contributed by atoms with Gasteiger partial charge in [-0.2, -0.15) is 0 Å². The highest BCUT2D eigenvalue weighted by molar-refractivity contribution is 5.85. The lowest BCUT2D eigenvalue weighted by molar-refractivity contribution is 0.442. The molecule has 0 saturated carbocycles. The average molecular weight is 278 g/mol. The number of anilines is 1. The van der Waals surface area contributed by atoms with Crippen LogP contribution in [0, 0.1) is 6.92 Å². The maximum absolute atomic E-state index is 4.23. The third-order valence-corrected chi connectivity index (χ3v) is 3.15. The molecule has 1 saturated heterocycles. The largest absolute Gasteiger partial charge is 0.371 e. The predicted octanol–water partition coefficient (Wildman–Crippen LogP) is 2.42. The van der Waals surface area contributed by atoms with Crippen LogP contribution in [0.4, 0.5) is 5.69 Å². The van der Waals surface area contributed by atoms with Crippen LogP contribution in [0.2, 0.25) is 0 Å². The molecule has 0 radical (unpaired) electrons. The topological polar surface area (TPSA) is 28.2 Å². The van der Waals surface area contributed by atoms with E-state index in [0.29, 0.717) is 6.04 Å². The molecule has 1 aliphatic rings. The molecule has 1 fully saturated rings. The Hall–Kier alpha value is -0.510. The first kappa shape index (κ1) is 16.5. The molecule has 2 heterocycles. The first-order chi connectivity index (χ1) is 7.29. The summed E-state index contributed by atoms with van der Waals surface area (Å²) in [6.07, 6.45) is 4.37. The quantitative estimate of drug-likeness (QED) is 0.900. The van der Waals surface area contributed by atoms with E-state index >= 15 is 0 Å². The Kier molecular flexibility index (Phi) is 7.51. The van der Waals surface area contributed by atoms with Gasteiger partial charge in [0, 0.05) is 36.7 Å². The molecular formula is C12H21Cl2N3. The summed E-state index contributed by atoms with van der Waals surface area (Å²) in [6, 6.07) is 4.97. The van der Waals surface area contributed by atoms with Crippen LogP contribution in [0.3, 0.4) is 0 Å². The summed E-state index contributed by atoms with van der Waals surface area (Å²) in [4.78, 5) is 6.67. The molecule has 0 bridgehead atoms. The molecule has 2 rings (SSSR count). The number of halogens is 2. The first-order valence-electron chi connectivity index (χ1n) is 5.64. The van der Waals surface area contributed by atoms with Crippen molar-refractivity contribution in [2.45, 2.75) is 25.8 Å². The van der Waals surface area contributed by atoms with Crippen molar-refractivity contribution in [2.24, 2.45) is 0 Å². The SMILES string of the molecule is CNC1CCN(c2ccnc(C)c2)CC1.Cl.Cl. The van der Waals surface area contributed by atoms with Gasteiger partial charge in [0.25, 0.3) is 0 Å². The minimum Gasteiger partial charge on any atom is -0.371 e. The van der Waals surface area contributed by atoms with Gasteiger partial charge in [0.2, 0.25) is 0 Å². The molecule has 0 spiro atoms. The van der Waals surface area contributed by atoms with Crippen molar-refractivity contribution in [3.05, 3.63) is 24.0 Å². The van der Waals surface area contributed by atoms with E-state index in [1.54, 1.807) is 0 Å². The molecule has 98 valence electrons. The van der Waals surface area contributed by atoms with Gasteiger partial charge in [-0.3, -0.25) is 4.98 Å². The van der Waals surface area contributed by atoms with Gasteiger partial charge in [0.05, 0.1) is 0 Å². The highest BCUT2D eigenvalue weighted by Crippen LogP contribution is 2.19. The Balaban J connectivity index is 0.00000128. The van der Waals surface area contributed by atoms with Gasteiger partial charge in [-0.25, -0.2) is 0 Å². The molecule has 0 amide bonds. The van der Waals surface area contributed by atoms with E-state index < -0.39 is 0 Å². The second-order valence-corrected chi connectivity index (χ2v) is 4.21. The number of hydrogen-bond donors (Lipinski definition) is 1. The van der Waals surface area contributed by atoms with Gasteiger partial charge in [-0.15, -0.1) is 24.8 Å². The lowest BCUT2D eigenvalue weighted by Gasteiger charge is -2.33. The summed E-state index contributed by atoms with van der Waals surface area (Å²) in [5.74, 6) is 0. The minimum absolute atomic E-state index is 0. The summed E-state index contributed by atoms with van der Waals surface area (Å²) in [5.41, 5.74) is 2.42. The third-order valence-electron chi connectivity index (χ3n) is 3.15. The fourth-order valence-electron chi connectivity index (χ4n) is 2.15.